The molecule has 0 spiro atoms. The van der Waals surface area contributed by atoms with Gasteiger partial charge in [0.2, 0.25) is 5.91 Å². The number of carbonyl (C=O) groups excluding carboxylic acids is 2. The fourth-order valence-electron chi connectivity index (χ4n) is 2.68. The lowest BCUT2D eigenvalue weighted by Gasteiger charge is -2.23. The third-order valence-corrected chi connectivity index (χ3v) is 4.04. The molecule has 0 saturated carbocycles. The quantitative estimate of drug-likeness (QED) is 0.721. The Kier molecular flexibility index (Phi) is 7.20. The largest absolute Gasteiger partial charge is 0.352 e. The van der Waals surface area contributed by atoms with E-state index in [9.17, 15) is 9.59 Å². The van der Waals surface area contributed by atoms with Gasteiger partial charge in [0.05, 0.1) is 6.04 Å². The molecular formula is C21H26N2O2. The van der Waals surface area contributed by atoms with Crippen LogP contribution >= 0.6 is 0 Å². The number of amides is 2. The molecule has 0 aliphatic rings. The Morgan fingerprint density at radius 2 is 1.52 bits per heavy atom. The van der Waals surface area contributed by atoms with Crippen LogP contribution in [0, 0.1) is 5.92 Å². The zero-order valence-electron chi connectivity index (χ0n) is 14.9. The molecule has 2 aromatic carbocycles. The summed E-state index contributed by atoms with van der Waals surface area (Å²) in [5.41, 5.74) is 1.75. The van der Waals surface area contributed by atoms with Crippen LogP contribution < -0.4 is 10.6 Å². The molecule has 2 amide bonds. The monoisotopic (exact) mass is 338 g/mol. The van der Waals surface area contributed by atoms with Crippen LogP contribution in [0.25, 0.3) is 0 Å². The second-order valence-electron chi connectivity index (χ2n) is 6.43. The van der Waals surface area contributed by atoms with Crippen molar-refractivity contribution in [3.63, 3.8) is 0 Å². The van der Waals surface area contributed by atoms with Crippen molar-refractivity contribution in [1.82, 2.24) is 10.6 Å². The van der Waals surface area contributed by atoms with E-state index in [0.29, 0.717) is 30.9 Å². The smallest absolute Gasteiger partial charge is 0.251 e. The lowest BCUT2D eigenvalue weighted by molar-refractivity contribution is -0.122. The van der Waals surface area contributed by atoms with E-state index in [1.54, 1.807) is 12.1 Å². The van der Waals surface area contributed by atoms with E-state index in [4.69, 9.17) is 0 Å². The summed E-state index contributed by atoms with van der Waals surface area (Å²) >= 11 is 0. The van der Waals surface area contributed by atoms with Gasteiger partial charge in [0, 0.05) is 18.5 Å². The zero-order valence-corrected chi connectivity index (χ0v) is 14.9. The van der Waals surface area contributed by atoms with Crippen LogP contribution in [0.5, 0.6) is 0 Å². The van der Waals surface area contributed by atoms with Crippen molar-refractivity contribution < 1.29 is 9.59 Å². The van der Waals surface area contributed by atoms with Crippen LogP contribution in [0.3, 0.4) is 0 Å². The molecule has 132 valence electrons. The normalized spacial score (nSPS) is 11.8. The fourth-order valence-corrected chi connectivity index (χ4v) is 2.68. The molecule has 0 heterocycles. The summed E-state index contributed by atoms with van der Waals surface area (Å²) < 4.78 is 0. The topological polar surface area (TPSA) is 58.2 Å². The highest BCUT2D eigenvalue weighted by Gasteiger charge is 2.17. The Labute approximate surface area is 149 Å². The number of carbonyl (C=O) groups is 2. The molecule has 0 aliphatic carbocycles. The van der Waals surface area contributed by atoms with Crippen molar-refractivity contribution in [3.05, 3.63) is 71.8 Å². The van der Waals surface area contributed by atoms with E-state index in [2.05, 4.69) is 24.5 Å². The summed E-state index contributed by atoms with van der Waals surface area (Å²) in [6.45, 7) is 4.68. The average molecular weight is 338 g/mol. The summed E-state index contributed by atoms with van der Waals surface area (Å²) in [5, 5.41) is 5.94. The third-order valence-electron chi connectivity index (χ3n) is 4.04. The first-order chi connectivity index (χ1) is 12.1. The van der Waals surface area contributed by atoms with Gasteiger partial charge in [-0.05, 0) is 30.0 Å². The third kappa shape index (κ3) is 6.07. The van der Waals surface area contributed by atoms with Crippen LogP contribution in [-0.4, -0.2) is 18.4 Å². The summed E-state index contributed by atoms with van der Waals surface area (Å²) in [7, 11) is 0. The first-order valence-electron chi connectivity index (χ1n) is 8.75. The maximum atomic E-state index is 12.2. The van der Waals surface area contributed by atoms with Crippen LogP contribution in [0.4, 0.5) is 0 Å². The molecule has 0 aliphatic heterocycles. The highest BCUT2D eigenvalue weighted by atomic mass is 16.2. The Morgan fingerprint density at radius 3 is 2.12 bits per heavy atom. The van der Waals surface area contributed by atoms with Crippen molar-refractivity contribution in [3.8, 4) is 0 Å². The van der Waals surface area contributed by atoms with Crippen molar-refractivity contribution in [2.45, 2.75) is 32.7 Å². The van der Waals surface area contributed by atoms with Gasteiger partial charge in [0.1, 0.15) is 0 Å². The molecule has 2 aromatic rings. The van der Waals surface area contributed by atoms with Crippen molar-refractivity contribution >= 4 is 11.8 Å². The van der Waals surface area contributed by atoms with Crippen molar-refractivity contribution in [2.75, 3.05) is 6.54 Å². The lowest BCUT2D eigenvalue weighted by Crippen LogP contribution is -2.32. The highest BCUT2D eigenvalue weighted by Crippen LogP contribution is 2.21. The van der Waals surface area contributed by atoms with Crippen LogP contribution in [0.15, 0.2) is 60.7 Å². The SMILES string of the molecule is CC(C)C(NC(=O)CCCNC(=O)c1ccccc1)c1ccccc1. The minimum absolute atomic E-state index is 0.00705. The van der Waals surface area contributed by atoms with E-state index in [1.807, 2.05) is 48.5 Å². The van der Waals surface area contributed by atoms with Crippen LogP contribution in [0.1, 0.15) is 48.7 Å². The minimum atomic E-state index is -0.106. The second kappa shape index (κ2) is 9.62. The molecule has 1 atom stereocenters. The van der Waals surface area contributed by atoms with Crippen molar-refractivity contribution in [2.24, 2.45) is 5.92 Å². The maximum absolute atomic E-state index is 12.2. The fraction of sp³-hybridized carbons (Fsp3) is 0.333. The second-order valence-corrected chi connectivity index (χ2v) is 6.43. The molecule has 4 nitrogen and oxygen atoms in total. The number of rotatable bonds is 8. The van der Waals surface area contributed by atoms with Gasteiger partial charge < -0.3 is 10.6 Å². The molecule has 4 heteroatoms. The van der Waals surface area contributed by atoms with E-state index >= 15 is 0 Å². The summed E-state index contributed by atoms with van der Waals surface area (Å²) in [4.78, 5) is 24.2. The van der Waals surface area contributed by atoms with Gasteiger partial charge >= 0.3 is 0 Å². The molecule has 2 rings (SSSR count). The van der Waals surface area contributed by atoms with Crippen LogP contribution in [0.2, 0.25) is 0 Å². The zero-order chi connectivity index (χ0) is 18.1. The molecule has 2 N–H and O–H groups in total. The van der Waals surface area contributed by atoms with E-state index in [0.717, 1.165) is 5.56 Å². The summed E-state index contributed by atoms with van der Waals surface area (Å²) in [6.07, 6.45) is 1.01. The Balaban J connectivity index is 1.75. The van der Waals surface area contributed by atoms with Gasteiger partial charge in [-0.3, -0.25) is 9.59 Å². The van der Waals surface area contributed by atoms with E-state index < -0.39 is 0 Å². The minimum Gasteiger partial charge on any atom is -0.352 e. The van der Waals surface area contributed by atoms with Gasteiger partial charge in [0.25, 0.3) is 5.91 Å². The molecular weight excluding hydrogens is 312 g/mol. The molecule has 0 radical (unpaired) electrons. The highest BCUT2D eigenvalue weighted by molar-refractivity contribution is 5.94. The molecule has 0 bridgehead atoms. The number of hydrogen-bond acceptors (Lipinski definition) is 2. The number of nitrogens with one attached hydrogen (secondary N) is 2. The first kappa shape index (κ1) is 18.7. The molecule has 25 heavy (non-hydrogen) atoms. The summed E-state index contributed by atoms with van der Waals surface area (Å²) in [5.74, 6) is 0.214. The van der Waals surface area contributed by atoms with Gasteiger partial charge in [-0.15, -0.1) is 0 Å². The Hall–Kier alpha value is -2.62. The molecule has 0 saturated heterocycles. The van der Waals surface area contributed by atoms with Crippen LogP contribution in [-0.2, 0) is 4.79 Å². The van der Waals surface area contributed by atoms with E-state index in [1.165, 1.54) is 0 Å². The lowest BCUT2D eigenvalue weighted by atomic mass is 9.96. The molecule has 0 aromatic heterocycles. The number of benzene rings is 2. The van der Waals surface area contributed by atoms with Gasteiger partial charge in [-0.2, -0.15) is 0 Å². The first-order valence-corrected chi connectivity index (χ1v) is 8.75. The van der Waals surface area contributed by atoms with E-state index in [-0.39, 0.29) is 17.9 Å². The average Bonchev–Trinajstić information content (AvgIpc) is 2.64. The van der Waals surface area contributed by atoms with Gasteiger partial charge in [-0.1, -0.05) is 62.4 Å². The van der Waals surface area contributed by atoms with Gasteiger partial charge in [-0.25, -0.2) is 0 Å². The standard InChI is InChI=1S/C21H26N2O2/c1-16(2)20(17-10-5-3-6-11-17)23-19(24)14-9-15-22-21(25)18-12-7-4-8-13-18/h3-8,10-13,16,20H,9,14-15H2,1-2H3,(H,22,25)(H,23,24). The summed E-state index contributed by atoms with van der Waals surface area (Å²) in [6, 6.07) is 19.1. The Morgan fingerprint density at radius 1 is 0.920 bits per heavy atom. The number of hydrogen-bond donors (Lipinski definition) is 2. The van der Waals surface area contributed by atoms with Gasteiger partial charge in [0.15, 0.2) is 0 Å². The van der Waals surface area contributed by atoms with Crippen molar-refractivity contribution in [1.29, 1.82) is 0 Å². The molecule has 1 unspecified atom stereocenters. The molecule has 0 fully saturated rings. The maximum Gasteiger partial charge on any atom is 0.251 e. The predicted octanol–water partition coefficient (Wildman–Crippen LogP) is 3.71. The predicted molar refractivity (Wildman–Crippen MR) is 100 cm³/mol. The Bertz CT molecular complexity index is 669.